The minimum absolute atomic E-state index is 0.218. The van der Waals surface area contributed by atoms with Crippen molar-refractivity contribution in [3.63, 3.8) is 0 Å². The molecule has 1 fully saturated rings. The van der Waals surface area contributed by atoms with Gasteiger partial charge in [0.05, 0.1) is 31.7 Å². The Hall–Kier alpha value is -3.45. The van der Waals surface area contributed by atoms with Gasteiger partial charge < -0.3 is 14.4 Å². The molecule has 6 rings (SSSR count). The minimum atomic E-state index is -0.218. The zero-order chi connectivity index (χ0) is 23.4. The van der Waals surface area contributed by atoms with E-state index in [0.717, 1.165) is 69.3 Å². The van der Waals surface area contributed by atoms with Crippen LogP contribution in [-0.4, -0.2) is 27.7 Å². The molecule has 2 aliphatic rings. The van der Waals surface area contributed by atoms with Crippen molar-refractivity contribution in [3.8, 4) is 16.9 Å². The van der Waals surface area contributed by atoms with Crippen LogP contribution in [-0.2, 0) is 24.5 Å². The highest BCUT2D eigenvalue weighted by Crippen LogP contribution is 2.41. The van der Waals surface area contributed by atoms with Crippen LogP contribution >= 0.6 is 0 Å². The largest absolute Gasteiger partial charge is 0.497 e. The van der Waals surface area contributed by atoms with E-state index in [9.17, 15) is 4.39 Å². The van der Waals surface area contributed by atoms with E-state index < -0.39 is 0 Å². The smallest absolute Gasteiger partial charge is 0.165 e. The number of aryl methyl sites for hydroxylation is 2. The quantitative estimate of drug-likeness (QED) is 0.389. The van der Waals surface area contributed by atoms with Gasteiger partial charge in [-0.25, -0.2) is 9.37 Å². The highest BCUT2D eigenvalue weighted by Gasteiger charge is 2.35. The first kappa shape index (κ1) is 21.1. The van der Waals surface area contributed by atoms with Crippen molar-refractivity contribution in [3.05, 3.63) is 76.4 Å². The van der Waals surface area contributed by atoms with Crippen LogP contribution in [0.15, 0.2) is 42.5 Å². The molecule has 6 nitrogen and oxygen atoms in total. The Balaban J connectivity index is 1.54. The lowest BCUT2D eigenvalue weighted by Gasteiger charge is -2.27. The summed E-state index contributed by atoms with van der Waals surface area (Å²) in [7, 11) is 1.68. The molecule has 4 aromatic rings. The van der Waals surface area contributed by atoms with Crippen molar-refractivity contribution in [2.75, 3.05) is 12.0 Å². The van der Waals surface area contributed by atoms with Gasteiger partial charge in [-0.2, -0.15) is 9.61 Å². The summed E-state index contributed by atoms with van der Waals surface area (Å²) in [5, 5.41) is 5.00. The summed E-state index contributed by atoms with van der Waals surface area (Å²) in [6.07, 6.45) is 2.26. The number of nitrogens with zero attached hydrogens (tertiary/aromatic N) is 4. The summed E-state index contributed by atoms with van der Waals surface area (Å²) >= 11 is 0. The maximum atomic E-state index is 13.5. The van der Waals surface area contributed by atoms with E-state index in [1.165, 1.54) is 12.1 Å². The van der Waals surface area contributed by atoms with Crippen molar-refractivity contribution in [1.29, 1.82) is 0 Å². The first-order chi connectivity index (χ1) is 16.5. The molecule has 0 N–H and O–H groups in total. The zero-order valence-electron chi connectivity index (χ0n) is 19.6. The summed E-state index contributed by atoms with van der Waals surface area (Å²) < 4.78 is 26.8. The summed E-state index contributed by atoms with van der Waals surface area (Å²) in [4.78, 5) is 7.46. The Bertz CT molecular complexity index is 1390. The molecule has 0 amide bonds. The number of anilines is 1. The first-order valence-corrected chi connectivity index (χ1v) is 11.7. The van der Waals surface area contributed by atoms with Crippen LogP contribution in [0.1, 0.15) is 40.9 Å². The van der Waals surface area contributed by atoms with Crippen molar-refractivity contribution < 1.29 is 13.9 Å². The Morgan fingerprint density at radius 1 is 1.12 bits per heavy atom. The molecule has 2 aromatic heterocycles. The first-order valence-electron chi connectivity index (χ1n) is 11.7. The summed E-state index contributed by atoms with van der Waals surface area (Å²) in [6, 6.07) is 13.3. The summed E-state index contributed by atoms with van der Waals surface area (Å²) in [6.45, 7) is 5.84. The van der Waals surface area contributed by atoms with Gasteiger partial charge in [-0.1, -0.05) is 18.2 Å². The third-order valence-electron chi connectivity index (χ3n) is 6.81. The van der Waals surface area contributed by atoms with Gasteiger partial charge in [0.15, 0.2) is 5.65 Å². The number of halogens is 1. The van der Waals surface area contributed by atoms with Gasteiger partial charge in [0.2, 0.25) is 0 Å². The lowest BCUT2D eigenvalue weighted by molar-refractivity contribution is 0.133. The molecule has 0 atom stereocenters. The Morgan fingerprint density at radius 3 is 2.62 bits per heavy atom. The maximum Gasteiger partial charge on any atom is 0.165 e. The van der Waals surface area contributed by atoms with E-state index >= 15 is 0 Å². The zero-order valence-corrected chi connectivity index (χ0v) is 19.6. The van der Waals surface area contributed by atoms with Crippen LogP contribution in [0.4, 0.5) is 10.2 Å². The Morgan fingerprint density at radius 2 is 1.91 bits per heavy atom. The molecule has 0 bridgehead atoms. The maximum absolute atomic E-state index is 13.5. The second-order valence-electron chi connectivity index (χ2n) is 9.22. The Labute approximate surface area is 197 Å². The second-order valence-corrected chi connectivity index (χ2v) is 9.22. The molecule has 1 aliphatic carbocycles. The summed E-state index contributed by atoms with van der Waals surface area (Å²) in [5.74, 6) is 1.66. The average molecular weight is 459 g/mol. The molecule has 174 valence electrons. The van der Waals surface area contributed by atoms with Crippen LogP contribution in [0.3, 0.4) is 0 Å². The highest BCUT2D eigenvalue weighted by atomic mass is 19.1. The lowest BCUT2D eigenvalue weighted by Crippen LogP contribution is -2.29. The Kier molecular flexibility index (Phi) is 5.03. The molecule has 0 spiro atoms. The third kappa shape index (κ3) is 3.51. The number of benzene rings is 2. The van der Waals surface area contributed by atoms with Gasteiger partial charge >= 0.3 is 0 Å². The normalized spacial score (nSPS) is 15.1. The van der Waals surface area contributed by atoms with E-state index in [2.05, 4.69) is 17.9 Å². The van der Waals surface area contributed by atoms with E-state index in [0.29, 0.717) is 25.8 Å². The molecule has 0 saturated heterocycles. The van der Waals surface area contributed by atoms with Gasteiger partial charge in [-0.3, -0.25) is 0 Å². The fourth-order valence-electron chi connectivity index (χ4n) is 4.94. The van der Waals surface area contributed by atoms with Crippen LogP contribution in [0.5, 0.6) is 5.75 Å². The molecule has 1 saturated carbocycles. The van der Waals surface area contributed by atoms with Gasteiger partial charge in [0.25, 0.3) is 0 Å². The van der Waals surface area contributed by atoms with E-state index in [-0.39, 0.29) is 5.82 Å². The fraction of sp³-hybridized carbons (Fsp3) is 0.333. The molecule has 0 unspecified atom stereocenters. The molecule has 0 radical (unpaired) electrons. The van der Waals surface area contributed by atoms with Crippen LogP contribution in [0.25, 0.3) is 16.8 Å². The standard InChI is InChI=1S/C27H27FN4O2/c1-16-12-21(33-3)10-11-22(16)25-17(2)30-32-26(25)29-24-15-34-14-23(24)27(32)31(20-8-9-20)13-18-4-6-19(28)7-5-18/h4-7,10-12,20H,8-9,13-15H2,1-3H3. The summed E-state index contributed by atoms with van der Waals surface area (Å²) in [5.41, 5.74) is 8.17. The molecule has 7 heteroatoms. The predicted molar refractivity (Wildman–Crippen MR) is 129 cm³/mol. The van der Waals surface area contributed by atoms with E-state index in [1.54, 1.807) is 7.11 Å². The fourth-order valence-corrected chi connectivity index (χ4v) is 4.94. The predicted octanol–water partition coefficient (Wildman–Crippen LogP) is 5.36. The van der Waals surface area contributed by atoms with Gasteiger partial charge in [-0.15, -0.1) is 0 Å². The highest BCUT2D eigenvalue weighted by molar-refractivity contribution is 5.83. The number of ether oxygens (including phenoxy) is 2. The van der Waals surface area contributed by atoms with Crippen molar-refractivity contribution >= 4 is 11.5 Å². The van der Waals surface area contributed by atoms with Crippen LogP contribution in [0.2, 0.25) is 0 Å². The number of hydrogen-bond donors (Lipinski definition) is 0. The molecular formula is C27H27FN4O2. The molecule has 3 heterocycles. The SMILES string of the molecule is COc1ccc(-c2c(C)nn3c(N(Cc4ccc(F)cc4)C4CC4)c4c(nc23)COC4)c(C)c1. The number of rotatable bonds is 6. The molecule has 34 heavy (non-hydrogen) atoms. The topological polar surface area (TPSA) is 51.9 Å². The molecule has 1 aliphatic heterocycles. The molecule has 2 aromatic carbocycles. The number of hydrogen-bond acceptors (Lipinski definition) is 5. The second kappa shape index (κ2) is 8.09. The van der Waals surface area contributed by atoms with E-state index in [4.69, 9.17) is 19.6 Å². The van der Waals surface area contributed by atoms with Crippen molar-refractivity contribution in [2.24, 2.45) is 0 Å². The van der Waals surface area contributed by atoms with Gasteiger partial charge in [0, 0.05) is 23.7 Å². The van der Waals surface area contributed by atoms with Gasteiger partial charge in [0.1, 0.15) is 17.4 Å². The minimum Gasteiger partial charge on any atom is -0.497 e. The van der Waals surface area contributed by atoms with Crippen LogP contribution in [0, 0.1) is 19.7 Å². The number of fused-ring (bicyclic) bond motifs is 2. The van der Waals surface area contributed by atoms with Crippen molar-refractivity contribution in [2.45, 2.75) is 52.5 Å². The monoisotopic (exact) mass is 458 g/mol. The number of aromatic nitrogens is 3. The average Bonchev–Trinajstić information content (AvgIpc) is 3.48. The van der Waals surface area contributed by atoms with E-state index in [1.807, 2.05) is 35.7 Å². The third-order valence-corrected chi connectivity index (χ3v) is 6.81. The molecular weight excluding hydrogens is 431 g/mol. The number of methoxy groups -OCH3 is 1. The van der Waals surface area contributed by atoms with Crippen LogP contribution < -0.4 is 9.64 Å². The van der Waals surface area contributed by atoms with Gasteiger partial charge in [-0.05, 0) is 67.6 Å². The lowest BCUT2D eigenvalue weighted by atomic mass is 10.0. The van der Waals surface area contributed by atoms with Crippen molar-refractivity contribution in [1.82, 2.24) is 14.6 Å².